The van der Waals surface area contributed by atoms with Gasteiger partial charge >= 0.3 is 0 Å². The van der Waals surface area contributed by atoms with E-state index in [4.69, 9.17) is 0 Å². The molecule has 1 N–H and O–H groups in total. The van der Waals surface area contributed by atoms with Gasteiger partial charge in [-0.1, -0.05) is 65.3 Å². The van der Waals surface area contributed by atoms with Crippen molar-refractivity contribution in [2.24, 2.45) is 52.3 Å². The van der Waals surface area contributed by atoms with Crippen LogP contribution in [0.1, 0.15) is 99.3 Å². The summed E-state index contributed by atoms with van der Waals surface area (Å²) < 4.78 is 0. The van der Waals surface area contributed by atoms with E-state index in [9.17, 15) is 5.11 Å². The number of allylic oxidation sites excluding steroid dienone is 4. The van der Waals surface area contributed by atoms with Gasteiger partial charge in [0, 0.05) is 0 Å². The molecular formula is C29H48O. The zero-order valence-electron chi connectivity index (χ0n) is 20.7. The molecule has 0 radical (unpaired) electrons. The molecule has 3 fully saturated rings. The molecule has 0 unspecified atom stereocenters. The van der Waals surface area contributed by atoms with Crippen molar-refractivity contribution in [3.8, 4) is 0 Å². The molecule has 0 bridgehead atoms. The van der Waals surface area contributed by atoms with Gasteiger partial charge in [-0.25, -0.2) is 0 Å². The first-order valence-corrected chi connectivity index (χ1v) is 13.3. The first-order valence-electron chi connectivity index (χ1n) is 13.3. The molecular weight excluding hydrogens is 364 g/mol. The van der Waals surface area contributed by atoms with E-state index in [-0.39, 0.29) is 6.10 Å². The van der Waals surface area contributed by atoms with Crippen molar-refractivity contribution in [1.29, 1.82) is 0 Å². The average Bonchev–Trinajstić information content (AvgIpc) is 3.06. The van der Waals surface area contributed by atoms with Crippen LogP contribution in [-0.2, 0) is 0 Å². The Morgan fingerprint density at radius 1 is 1.00 bits per heavy atom. The van der Waals surface area contributed by atoms with Gasteiger partial charge in [0.1, 0.15) is 0 Å². The highest BCUT2D eigenvalue weighted by molar-refractivity contribution is 5.28. The van der Waals surface area contributed by atoms with Crippen molar-refractivity contribution in [1.82, 2.24) is 0 Å². The van der Waals surface area contributed by atoms with Crippen molar-refractivity contribution >= 4 is 0 Å². The van der Waals surface area contributed by atoms with Gasteiger partial charge in [-0.05, 0) is 110 Å². The van der Waals surface area contributed by atoms with Gasteiger partial charge in [0.25, 0.3) is 0 Å². The predicted molar refractivity (Wildman–Crippen MR) is 128 cm³/mol. The van der Waals surface area contributed by atoms with E-state index in [1.807, 2.05) is 5.57 Å². The van der Waals surface area contributed by atoms with Crippen LogP contribution in [0.3, 0.4) is 0 Å². The smallest absolute Gasteiger partial charge is 0.0543 e. The Morgan fingerprint density at radius 2 is 1.70 bits per heavy atom. The van der Waals surface area contributed by atoms with E-state index >= 15 is 0 Å². The normalized spacial score (nSPS) is 45.6. The average molecular weight is 413 g/mol. The minimum Gasteiger partial charge on any atom is -0.393 e. The quantitative estimate of drug-likeness (QED) is 0.457. The maximum absolute atomic E-state index is 10.3. The summed E-state index contributed by atoms with van der Waals surface area (Å²) in [4.78, 5) is 0. The highest BCUT2D eigenvalue weighted by atomic mass is 16.3. The third-order valence-corrected chi connectivity index (χ3v) is 10.7. The van der Waals surface area contributed by atoms with Gasteiger partial charge in [-0.3, -0.25) is 0 Å². The van der Waals surface area contributed by atoms with Crippen molar-refractivity contribution in [3.05, 3.63) is 23.8 Å². The van der Waals surface area contributed by atoms with Gasteiger partial charge in [-0.15, -0.1) is 0 Å². The Morgan fingerprint density at radius 3 is 2.40 bits per heavy atom. The van der Waals surface area contributed by atoms with Crippen LogP contribution < -0.4 is 0 Å². The molecule has 1 nitrogen and oxygen atoms in total. The first kappa shape index (κ1) is 22.6. The van der Waals surface area contributed by atoms with Crippen molar-refractivity contribution < 1.29 is 5.11 Å². The molecule has 30 heavy (non-hydrogen) atoms. The van der Waals surface area contributed by atoms with E-state index in [2.05, 4.69) is 59.8 Å². The van der Waals surface area contributed by atoms with E-state index in [0.29, 0.717) is 22.7 Å². The lowest BCUT2D eigenvalue weighted by Gasteiger charge is -2.57. The highest BCUT2D eigenvalue weighted by Crippen LogP contribution is 2.66. The summed E-state index contributed by atoms with van der Waals surface area (Å²) in [5.41, 5.74) is 2.79. The Balaban J connectivity index is 1.53. The molecule has 4 aliphatic carbocycles. The minimum atomic E-state index is -0.0480. The summed E-state index contributed by atoms with van der Waals surface area (Å²) in [6, 6.07) is 0. The van der Waals surface area contributed by atoms with Crippen molar-refractivity contribution in [2.45, 2.75) is 105 Å². The molecule has 0 saturated heterocycles. The van der Waals surface area contributed by atoms with Crippen molar-refractivity contribution in [3.63, 3.8) is 0 Å². The van der Waals surface area contributed by atoms with Crippen LogP contribution in [0.5, 0.6) is 0 Å². The summed E-state index contributed by atoms with van der Waals surface area (Å²) in [5.74, 6) is 5.32. The van der Waals surface area contributed by atoms with Gasteiger partial charge in [0.15, 0.2) is 0 Å². The molecule has 0 aliphatic heterocycles. The maximum Gasteiger partial charge on any atom is 0.0543 e. The standard InChI is InChI=1S/C29H48O/c1-7-21(19(2)3)9-8-20(4)25-12-13-26-24-11-10-22-18-23(30)14-16-28(22,5)27(24)15-17-29(25,26)6/h8-9,11,19-23,25-27,30H,7,10,12-18H2,1-6H3/b9-8-/t20-,21+,22-,23-,25+,26-,27+,28-,29+/m0/s1. The Labute approximate surface area is 186 Å². The Hall–Kier alpha value is -0.560. The van der Waals surface area contributed by atoms with E-state index in [1.54, 1.807) is 0 Å². The lowest BCUT2D eigenvalue weighted by Crippen LogP contribution is -2.49. The second kappa shape index (κ2) is 8.42. The molecule has 9 atom stereocenters. The number of hydrogen-bond donors (Lipinski definition) is 1. The molecule has 170 valence electrons. The summed E-state index contributed by atoms with van der Waals surface area (Å²) >= 11 is 0. The van der Waals surface area contributed by atoms with Crippen LogP contribution in [-0.4, -0.2) is 11.2 Å². The van der Waals surface area contributed by atoms with Crippen LogP contribution >= 0.6 is 0 Å². The van der Waals surface area contributed by atoms with Gasteiger partial charge in [0.05, 0.1) is 6.10 Å². The second-order valence-electron chi connectivity index (χ2n) is 12.5. The molecule has 0 aromatic rings. The molecule has 4 aliphatic rings. The van der Waals surface area contributed by atoms with Crippen LogP contribution in [0.4, 0.5) is 0 Å². The third kappa shape index (κ3) is 3.66. The molecule has 0 aromatic carbocycles. The Kier molecular flexibility index (Phi) is 6.35. The lowest BCUT2D eigenvalue weighted by atomic mass is 9.47. The van der Waals surface area contributed by atoms with E-state index in [0.717, 1.165) is 42.4 Å². The van der Waals surface area contributed by atoms with Gasteiger partial charge in [0.2, 0.25) is 0 Å². The molecule has 0 amide bonds. The fourth-order valence-corrected chi connectivity index (χ4v) is 8.68. The SMILES string of the molecule is CC[C@H](/C=C\[C@H](C)[C@H]1CC[C@H]2C3=CC[C@H]4C[C@@H](O)CC[C@]4(C)[C@@H]3CC[C@]12C)C(C)C. The third-order valence-electron chi connectivity index (χ3n) is 10.7. The second-order valence-corrected chi connectivity index (χ2v) is 12.5. The number of fused-ring (bicyclic) bond motifs is 5. The van der Waals surface area contributed by atoms with E-state index < -0.39 is 0 Å². The summed E-state index contributed by atoms with van der Waals surface area (Å²) in [6.07, 6.45) is 19.2. The fraction of sp³-hybridized carbons (Fsp3) is 0.862. The van der Waals surface area contributed by atoms with Crippen molar-refractivity contribution in [2.75, 3.05) is 0 Å². The molecule has 4 rings (SSSR count). The first-order chi connectivity index (χ1) is 14.2. The zero-order chi connectivity index (χ0) is 21.7. The topological polar surface area (TPSA) is 20.2 Å². The molecule has 0 aromatic heterocycles. The molecule has 3 saturated carbocycles. The highest BCUT2D eigenvalue weighted by Gasteiger charge is 2.57. The molecule has 1 heteroatoms. The Bertz CT molecular complexity index is 674. The fourth-order valence-electron chi connectivity index (χ4n) is 8.68. The van der Waals surface area contributed by atoms with Crippen LogP contribution in [0.15, 0.2) is 23.8 Å². The van der Waals surface area contributed by atoms with Crippen LogP contribution in [0.2, 0.25) is 0 Å². The zero-order valence-corrected chi connectivity index (χ0v) is 20.7. The van der Waals surface area contributed by atoms with Crippen LogP contribution in [0.25, 0.3) is 0 Å². The summed E-state index contributed by atoms with van der Waals surface area (Å²) in [7, 11) is 0. The predicted octanol–water partition coefficient (Wildman–Crippen LogP) is 7.80. The number of aliphatic hydroxyl groups is 1. The maximum atomic E-state index is 10.3. The minimum absolute atomic E-state index is 0.0480. The number of rotatable bonds is 5. The molecule has 0 heterocycles. The van der Waals surface area contributed by atoms with Gasteiger partial charge in [-0.2, -0.15) is 0 Å². The summed E-state index contributed by atoms with van der Waals surface area (Å²) in [6.45, 7) is 14.8. The molecule has 0 spiro atoms. The largest absolute Gasteiger partial charge is 0.393 e. The summed E-state index contributed by atoms with van der Waals surface area (Å²) in [5, 5.41) is 10.3. The van der Waals surface area contributed by atoms with Crippen LogP contribution in [0, 0.1) is 52.3 Å². The van der Waals surface area contributed by atoms with Gasteiger partial charge < -0.3 is 5.11 Å². The number of aliphatic hydroxyl groups excluding tert-OH is 1. The monoisotopic (exact) mass is 412 g/mol. The lowest BCUT2D eigenvalue weighted by molar-refractivity contribution is -0.0414. The van der Waals surface area contributed by atoms with E-state index in [1.165, 1.54) is 44.9 Å². The number of hydrogen-bond acceptors (Lipinski definition) is 1.